The third-order valence-electron chi connectivity index (χ3n) is 5.28. The van der Waals surface area contributed by atoms with Gasteiger partial charge in [-0.15, -0.1) is 0 Å². The van der Waals surface area contributed by atoms with E-state index in [4.69, 9.17) is 9.47 Å². The largest absolute Gasteiger partial charge is 0.486 e. The van der Waals surface area contributed by atoms with E-state index in [-0.39, 0.29) is 23.3 Å². The van der Waals surface area contributed by atoms with Crippen LogP contribution in [0.2, 0.25) is 0 Å². The first-order chi connectivity index (χ1) is 14.4. The Morgan fingerprint density at radius 2 is 1.83 bits per heavy atom. The van der Waals surface area contributed by atoms with Crippen LogP contribution in [0.1, 0.15) is 18.4 Å². The van der Waals surface area contributed by atoms with Crippen molar-refractivity contribution in [3.63, 3.8) is 0 Å². The van der Waals surface area contributed by atoms with Crippen LogP contribution in [0.25, 0.3) is 0 Å². The van der Waals surface area contributed by atoms with Gasteiger partial charge in [0.15, 0.2) is 11.5 Å². The van der Waals surface area contributed by atoms with Crippen LogP contribution < -0.4 is 14.8 Å². The number of amides is 1. The summed E-state index contributed by atoms with van der Waals surface area (Å²) in [6, 6.07) is 12.1. The molecule has 0 saturated carbocycles. The molecule has 2 aliphatic heterocycles. The standard InChI is InChI=1S/C21H23BrN2O5S/c22-17-4-6-18(7-5-17)30(26,27)24-9-1-2-16(14-24)21(25)23-13-15-3-8-19-20(12-15)29-11-10-28-19/h3-8,12,16H,1-2,9-11,13-14H2,(H,23,25). The van der Waals surface area contributed by atoms with Gasteiger partial charge in [0.05, 0.1) is 10.8 Å². The number of carbonyl (C=O) groups excluding carboxylic acids is 1. The average Bonchev–Trinajstić information content (AvgIpc) is 2.77. The van der Waals surface area contributed by atoms with Crippen molar-refractivity contribution in [1.29, 1.82) is 0 Å². The highest BCUT2D eigenvalue weighted by atomic mass is 79.9. The number of hydrogen-bond acceptors (Lipinski definition) is 5. The molecular formula is C21H23BrN2O5S. The van der Waals surface area contributed by atoms with Crippen molar-refractivity contribution in [2.45, 2.75) is 24.3 Å². The van der Waals surface area contributed by atoms with Gasteiger partial charge in [0.1, 0.15) is 13.2 Å². The number of halogens is 1. The lowest BCUT2D eigenvalue weighted by Gasteiger charge is -2.31. The van der Waals surface area contributed by atoms with Crippen LogP contribution >= 0.6 is 15.9 Å². The molecule has 1 amide bonds. The summed E-state index contributed by atoms with van der Waals surface area (Å²) in [7, 11) is -3.62. The third kappa shape index (κ3) is 4.63. The molecule has 1 fully saturated rings. The number of nitrogens with zero attached hydrogens (tertiary/aromatic N) is 1. The fourth-order valence-corrected chi connectivity index (χ4v) is 5.45. The second-order valence-electron chi connectivity index (χ2n) is 7.35. The van der Waals surface area contributed by atoms with Crippen LogP contribution in [0.5, 0.6) is 11.5 Å². The van der Waals surface area contributed by atoms with E-state index in [1.54, 1.807) is 24.3 Å². The highest BCUT2D eigenvalue weighted by Crippen LogP contribution is 2.31. The first-order valence-corrected chi connectivity index (χ1v) is 12.1. The van der Waals surface area contributed by atoms with Crippen LogP contribution in [-0.2, 0) is 21.4 Å². The van der Waals surface area contributed by atoms with Gasteiger partial charge in [0.25, 0.3) is 0 Å². The topological polar surface area (TPSA) is 84.9 Å². The number of hydrogen-bond donors (Lipinski definition) is 1. The minimum atomic E-state index is -3.62. The number of ether oxygens (including phenoxy) is 2. The summed E-state index contributed by atoms with van der Waals surface area (Å²) in [6.45, 7) is 2.00. The summed E-state index contributed by atoms with van der Waals surface area (Å²) in [5, 5.41) is 2.93. The predicted molar refractivity (Wildman–Crippen MR) is 115 cm³/mol. The maximum atomic E-state index is 12.9. The first-order valence-electron chi connectivity index (χ1n) is 9.85. The zero-order chi connectivity index (χ0) is 21.1. The highest BCUT2D eigenvalue weighted by Gasteiger charge is 2.33. The second kappa shape index (κ2) is 8.95. The molecule has 4 rings (SSSR count). The van der Waals surface area contributed by atoms with Crippen molar-refractivity contribution in [3.8, 4) is 11.5 Å². The Kier molecular flexibility index (Phi) is 6.31. The van der Waals surface area contributed by atoms with E-state index >= 15 is 0 Å². The molecule has 1 atom stereocenters. The van der Waals surface area contributed by atoms with E-state index in [1.807, 2.05) is 18.2 Å². The van der Waals surface area contributed by atoms with Gasteiger partial charge >= 0.3 is 0 Å². The van der Waals surface area contributed by atoms with Crippen LogP contribution in [-0.4, -0.2) is 44.9 Å². The normalized spacial score (nSPS) is 19.3. The lowest BCUT2D eigenvalue weighted by Crippen LogP contribution is -2.45. The molecule has 7 nitrogen and oxygen atoms in total. The lowest BCUT2D eigenvalue weighted by molar-refractivity contribution is -0.126. The molecule has 30 heavy (non-hydrogen) atoms. The van der Waals surface area contributed by atoms with Crippen LogP contribution in [0.4, 0.5) is 0 Å². The third-order valence-corrected chi connectivity index (χ3v) is 7.69. The zero-order valence-electron chi connectivity index (χ0n) is 16.3. The maximum absolute atomic E-state index is 12.9. The lowest BCUT2D eigenvalue weighted by atomic mass is 9.98. The fourth-order valence-electron chi connectivity index (χ4n) is 3.66. The number of rotatable bonds is 5. The minimum Gasteiger partial charge on any atom is -0.486 e. The number of nitrogens with one attached hydrogen (secondary N) is 1. The van der Waals surface area contributed by atoms with Crippen molar-refractivity contribution >= 4 is 31.9 Å². The molecule has 160 valence electrons. The summed E-state index contributed by atoms with van der Waals surface area (Å²) in [6.07, 6.45) is 1.32. The Morgan fingerprint density at radius 1 is 1.10 bits per heavy atom. The van der Waals surface area contributed by atoms with Gasteiger partial charge in [-0.05, 0) is 54.8 Å². The van der Waals surface area contributed by atoms with Crippen molar-refractivity contribution in [3.05, 3.63) is 52.5 Å². The van der Waals surface area contributed by atoms with Crippen molar-refractivity contribution in [2.24, 2.45) is 5.92 Å². The van der Waals surface area contributed by atoms with Crippen LogP contribution in [0, 0.1) is 5.92 Å². The molecular weight excluding hydrogens is 472 g/mol. The molecule has 0 aromatic heterocycles. The molecule has 0 aliphatic carbocycles. The van der Waals surface area contributed by atoms with Gasteiger partial charge in [0, 0.05) is 24.1 Å². The molecule has 2 aromatic carbocycles. The Balaban J connectivity index is 1.38. The molecule has 9 heteroatoms. The number of sulfonamides is 1. The van der Waals surface area contributed by atoms with Gasteiger partial charge in [-0.3, -0.25) is 4.79 Å². The van der Waals surface area contributed by atoms with Gasteiger partial charge in [-0.25, -0.2) is 8.42 Å². The monoisotopic (exact) mass is 494 g/mol. The van der Waals surface area contributed by atoms with Gasteiger partial charge in [0.2, 0.25) is 15.9 Å². The molecule has 2 heterocycles. The van der Waals surface area contributed by atoms with Crippen molar-refractivity contribution in [2.75, 3.05) is 26.3 Å². The van der Waals surface area contributed by atoms with E-state index in [9.17, 15) is 13.2 Å². The summed E-state index contributed by atoms with van der Waals surface area (Å²) in [5.74, 6) is 0.872. The molecule has 0 bridgehead atoms. The summed E-state index contributed by atoms with van der Waals surface area (Å²) in [4.78, 5) is 13.0. The van der Waals surface area contributed by atoms with E-state index in [0.29, 0.717) is 50.6 Å². The van der Waals surface area contributed by atoms with Crippen molar-refractivity contribution in [1.82, 2.24) is 9.62 Å². The van der Waals surface area contributed by atoms with E-state index < -0.39 is 10.0 Å². The first kappa shape index (κ1) is 21.1. The zero-order valence-corrected chi connectivity index (χ0v) is 18.7. The van der Waals surface area contributed by atoms with Crippen LogP contribution in [0.3, 0.4) is 0 Å². The van der Waals surface area contributed by atoms with Gasteiger partial charge in [-0.1, -0.05) is 22.0 Å². The minimum absolute atomic E-state index is 0.138. The second-order valence-corrected chi connectivity index (χ2v) is 10.2. The fraction of sp³-hybridized carbons (Fsp3) is 0.381. The number of fused-ring (bicyclic) bond motifs is 1. The Hall–Kier alpha value is -2.10. The Labute approximate surface area is 184 Å². The molecule has 2 aliphatic rings. The van der Waals surface area contributed by atoms with E-state index in [0.717, 1.165) is 10.0 Å². The molecule has 0 radical (unpaired) electrons. The summed E-state index contributed by atoms with van der Waals surface area (Å²) in [5.41, 5.74) is 0.905. The van der Waals surface area contributed by atoms with Crippen LogP contribution in [0.15, 0.2) is 51.8 Å². The summed E-state index contributed by atoms with van der Waals surface area (Å²) < 4.78 is 39.2. The SMILES string of the molecule is O=C(NCc1ccc2c(c1)OCCO2)C1CCCN(S(=O)(=O)c2ccc(Br)cc2)C1. The van der Waals surface area contributed by atoms with E-state index in [2.05, 4.69) is 21.2 Å². The van der Waals surface area contributed by atoms with Gasteiger partial charge < -0.3 is 14.8 Å². The van der Waals surface area contributed by atoms with Crippen molar-refractivity contribution < 1.29 is 22.7 Å². The maximum Gasteiger partial charge on any atom is 0.243 e. The Bertz CT molecular complexity index is 1030. The highest BCUT2D eigenvalue weighted by molar-refractivity contribution is 9.10. The summed E-state index contributed by atoms with van der Waals surface area (Å²) >= 11 is 3.32. The Morgan fingerprint density at radius 3 is 2.60 bits per heavy atom. The molecule has 1 unspecified atom stereocenters. The molecule has 2 aromatic rings. The quantitative estimate of drug-likeness (QED) is 0.690. The number of piperidine rings is 1. The predicted octanol–water partition coefficient (Wildman–Crippen LogP) is 2.94. The number of benzene rings is 2. The van der Waals surface area contributed by atoms with E-state index in [1.165, 1.54) is 4.31 Å². The smallest absolute Gasteiger partial charge is 0.243 e. The number of carbonyl (C=O) groups is 1. The molecule has 1 saturated heterocycles. The van der Waals surface area contributed by atoms with Gasteiger partial charge in [-0.2, -0.15) is 4.31 Å². The molecule has 1 N–H and O–H groups in total. The molecule has 0 spiro atoms. The average molecular weight is 495 g/mol.